The number of hydrogen-bond donors (Lipinski definition) is 0. The number of carbonyl (C=O) groups is 1. The molecule has 0 fully saturated rings. The zero-order valence-corrected chi connectivity index (χ0v) is 8.97. The molecule has 4 heteroatoms. The van der Waals surface area contributed by atoms with Gasteiger partial charge < -0.3 is 14.4 Å². The smallest absolute Gasteiger partial charge is 0.293 e. The lowest BCUT2D eigenvalue weighted by Crippen LogP contribution is -2.12. The lowest BCUT2D eigenvalue weighted by molar-refractivity contribution is -0.129. The SMILES string of the molecule is CN(C)c1ccccc1OCCOC=O. The van der Waals surface area contributed by atoms with Gasteiger partial charge in [-0.05, 0) is 12.1 Å². The number of ether oxygens (including phenoxy) is 2. The normalized spacial score (nSPS) is 9.47. The van der Waals surface area contributed by atoms with E-state index in [-0.39, 0.29) is 6.61 Å². The zero-order valence-electron chi connectivity index (χ0n) is 8.97. The van der Waals surface area contributed by atoms with Crippen LogP contribution in [0.2, 0.25) is 0 Å². The second-order valence-electron chi connectivity index (χ2n) is 3.18. The van der Waals surface area contributed by atoms with Gasteiger partial charge in [0.15, 0.2) is 0 Å². The fraction of sp³-hybridized carbons (Fsp3) is 0.364. The van der Waals surface area contributed by atoms with Crippen LogP contribution in [0.1, 0.15) is 0 Å². The molecular weight excluding hydrogens is 194 g/mol. The molecule has 0 aliphatic carbocycles. The van der Waals surface area contributed by atoms with Gasteiger partial charge in [-0.25, -0.2) is 0 Å². The monoisotopic (exact) mass is 209 g/mol. The van der Waals surface area contributed by atoms with E-state index in [2.05, 4.69) is 4.74 Å². The maximum absolute atomic E-state index is 9.91. The first-order valence-electron chi connectivity index (χ1n) is 4.70. The predicted molar refractivity (Wildman–Crippen MR) is 58.3 cm³/mol. The van der Waals surface area contributed by atoms with Crippen molar-refractivity contribution < 1.29 is 14.3 Å². The Labute approximate surface area is 89.4 Å². The summed E-state index contributed by atoms with van der Waals surface area (Å²) < 4.78 is 10.0. The summed E-state index contributed by atoms with van der Waals surface area (Å²) in [6.07, 6.45) is 0. The predicted octanol–water partition coefficient (Wildman–Crippen LogP) is 1.30. The van der Waals surface area contributed by atoms with E-state index in [9.17, 15) is 4.79 Å². The summed E-state index contributed by atoms with van der Waals surface area (Å²) in [6.45, 7) is 1.05. The van der Waals surface area contributed by atoms with Crippen molar-refractivity contribution in [3.8, 4) is 5.75 Å². The Balaban J connectivity index is 2.55. The Hall–Kier alpha value is -1.71. The van der Waals surface area contributed by atoms with Crippen LogP contribution in [-0.4, -0.2) is 33.8 Å². The van der Waals surface area contributed by atoms with Gasteiger partial charge in [0.25, 0.3) is 6.47 Å². The van der Waals surface area contributed by atoms with E-state index in [1.54, 1.807) is 0 Å². The summed E-state index contributed by atoms with van der Waals surface area (Å²) in [7, 11) is 3.90. The van der Waals surface area contributed by atoms with Crippen LogP contribution >= 0.6 is 0 Å². The summed E-state index contributed by atoms with van der Waals surface area (Å²) in [4.78, 5) is 11.9. The molecule has 0 atom stereocenters. The highest BCUT2D eigenvalue weighted by Crippen LogP contribution is 2.25. The molecule has 0 N–H and O–H groups in total. The molecule has 1 aromatic rings. The van der Waals surface area contributed by atoms with Gasteiger partial charge >= 0.3 is 0 Å². The standard InChI is InChI=1S/C11H15NO3/c1-12(2)10-5-3-4-6-11(10)15-8-7-14-9-13/h3-6,9H,7-8H2,1-2H3. The summed E-state index contributed by atoms with van der Waals surface area (Å²) in [5.41, 5.74) is 1.00. The fourth-order valence-corrected chi connectivity index (χ4v) is 1.20. The van der Waals surface area contributed by atoms with Crippen LogP contribution in [0.4, 0.5) is 5.69 Å². The molecule has 82 valence electrons. The maximum Gasteiger partial charge on any atom is 0.293 e. The number of carbonyl (C=O) groups excluding carboxylic acids is 1. The van der Waals surface area contributed by atoms with Crippen LogP contribution in [-0.2, 0) is 9.53 Å². The lowest BCUT2D eigenvalue weighted by atomic mass is 10.3. The number of para-hydroxylation sites is 2. The van der Waals surface area contributed by atoms with Crippen LogP contribution < -0.4 is 9.64 Å². The Morgan fingerprint density at radius 2 is 2.00 bits per heavy atom. The number of hydrogen-bond acceptors (Lipinski definition) is 4. The van der Waals surface area contributed by atoms with Gasteiger partial charge in [-0.3, -0.25) is 4.79 Å². The number of benzene rings is 1. The van der Waals surface area contributed by atoms with E-state index in [4.69, 9.17) is 4.74 Å². The Bertz CT molecular complexity index is 312. The average Bonchev–Trinajstić information content (AvgIpc) is 2.25. The number of nitrogens with zero attached hydrogens (tertiary/aromatic N) is 1. The largest absolute Gasteiger partial charge is 0.488 e. The third kappa shape index (κ3) is 3.50. The molecule has 1 rings (SSSR count). The van der Waals surface area contributed by atoms with Crippen molar-refractivity contribution in [2.45, 2.75) is 0 Å². The van der Waals surface area contributed by atoms with Gasteiger partial charge in [0.2, 0.25) is 0 Å². The van der Waals surface area contributed by atoms with Crippen LogP contribution in [0, 0.1) is 0 Å². The van der Waals surface area contributed by atoms with Crippen molar-refractivity contribution in [1.29, 1.82) is 0 Å². The summed E-state index contributed by atoms with van der Waals surface area (Å²) >= 11 is 0. The summed E-state index contributed by atoms with van der Waals surface area (Å²) in [5.74, 6) is 0.789. The first-order valence-corrected chi connectivity index (χ1v) is 4.70. The molecule has 4 nitrogen and oxygen atoms in total. The van der Waals surface area contributed by atoms with Crippen molar-refractivity contribution in [2.75, 3.05) is 32.2 Å². The Morgan fingerprint density at radius 1 is 1.27 bits per heavy atom. The van der Waals surface area contributed by atoms with Gasteiger partial charge in [-0.1, -0.05) is 12.1 Å². The summed E-state index contributed by atoms with van der Waals surface area (Å²) in [5, 5.41) is 0. The highest BCUT2D eigenvalue weighted by atomic mass is 16.5. The van der Waals surface area contributed by atoms with Crippen molar-refractivity contribution in [2.24, 2.45) is 0 Å². The fourth-order valence-electron chi connectivity index (χ4n) is 1.20. The zero-order chi connectivity index (χ0) is 11.1. The molecule has 0 unspecified atom stereocenters. The highest BCUT2D eigenvalue weighted by Gasteiger charge is 2.03. The highest BCUT2D eigenvalue weighted by molar-refractivity contribution is 5.57. The molecular formula is C11H15NO3. The van der Waals surface area contributed by atoms with Crippen molar-refractivity contribution in [1.82, 2.24) is 0 Å². The number of anilines is 1. The van der Waals surface area contributed by atoms with Crippen molar-refractivity contribution in [3.05, 3.63) is 24.3 Å². The van der Waals surface area contributed by atoms with E-state index in [0.717, 1.165) is 11.4 Å². The first kappa shape index (κ1) is 11.4. The van der Waals surface area contributed by atoms with E-state index in [0.29, 0.717) is 13.1 Å². The number of rotatable bonds is 6. The summed E-state index contributed by atoms with van der Waals surface area (Å²) in [6, 6.07) is 7.71. The molecule has 1 aromatic carbocycles. The molecule has 0 spiro atoms. The van der Waals surface area contributed by atoms with Gasteiger partial charge in [0, 0.05) is 14.1 Å². The molecule has 0 saturated heterocycles. The van der Waals surface area contributed by atoms with Gasteiger partial charge in [-0.15, -0.1) is 0 Å². The lowest BCUT2D eigenvalue weighted by Gasteiger charge is -2.17. The quantitative estimate of drug-likeness (QED) is 0.523. The topological polar surface area (TPSA) is 38.8 Å². The van der Waals surface area contributed by atoms with E-state index in [1.807, 2.05) is 43.3 Å². The van der Waals surface area contributed by atoms with Gasteiger partial charge in [-0.2, -0.15) is 0 Å². The minimum Gasteiger partial charge on any atom is -0.488 e. The minimum absolute atomic E-state index is 0.269. The molecule has 0 saturated carbocycles. The molecule has 0 amide bonds. The third-order valence-electron chi connectivity index (χ3n) is 1.87. The molecule has 0 aliphatic rings. The van der Waals surface area contributed by atoms with Gasteiger partial charge in [0.1, 0.15) is 19.0 Å². The van der Waals surface area contributed by atoms with Crippen LogP contribution in [0.25, 0.3) is 0 Å². The van der Waals surface area contributed by atoms with E-state index < -0.39 is 0 Å². The minimum atomic E-state index is 0.269. The third-order valence-corrected chi connectivity index (χ3v) is 1.87. The van der Waals surface area contributed by atoms with Crippen molar-refractivity contribution in [3.63, 3.8) is 0 Å². The Morgan fingerprint density at radius 3 is 2.67 bits per heavy atom. The molecule has 0 aromatic heterocycles. The molecule has 0 heterocycles. The second-order valence-corrected chi connectivity index (χ2v) is 3.18. The van der Waals surface area contributed by atoms with Crippen molar-refractivity contribution >= 4 is 12.2 Å². The van der Waals surface area contributed by atoms with E-state index in [1.165, 1.54) is 0 Å². The molecule has 0 bridgehead atoms. The molecule has 0 aliphatic heterocycles. The van der Waals surface area contributed by atoms with Crippen LogP contribution in [0.5, 0.6) is 5.75 Å². The van der Waals surface area contributed by atoms with Crippen LogP contribution in [0.3, 0.4) is 0 Å². The first-order chi connectivity index (χ1) is 7.25. The maximum atomic E-state index is 9.91. The van der Waals surface area contributed by atoms with Crippen LogP contribution in [0.15, 0.2) is 24.3 Å². The molecule has 15 heavy (non-hydrogen) atoms. The average molecular weight is 209 g/mol. The van der Waals surface area contributed by atoms with E-state index >= 15 is 0 Å². The molecule has 0 radical (unpaired) electrons. The van der Waals surface area contributed by atoms with Gasteiger partial charge in [0.05, 0.1) is 5.69 Å². The Kier molecular flexibility index (Phi) is 4.47. The second kappa shape index (κ2) is 5.90.